The molecule has 0 fully saturated rings. The fraction of sp³-hybridized carbons (Fsp3) is 0.312. The average Bonchev–Trinajstić information content (AvgIpc) is 2.48. The first-order valence-corrected chi connectivity index (χ1v) is 6.70. The van der Waals surface area contributed by atoms with Crippen LogP contribution in [0.1, 0.15) is 29.8 Å². The number of hydrogen-bond donors (Lipinski definition) is 1. The van der Waals surface area contributed by atoms with E-state index in [0.29, 0.717) is 12.0 Å². The van der Waals surface area contributed by atoms with E-state index in [2.05, 4.69) is 17.2 Å². The molecule has 1 unspecified atom stereocenters. The number of rotatable bonds is 5. The van der Waals surface area contributed by atoms with E-state index in [-0.39, 0.29) is 6.04 Å². The first kappa shape index (κ1) is 14.6. The standard InChI is InChI=1S/C16H18F2N2/c1-3-11-7-8-12(20-10-11)9-15(19-2)13-5-4-6-14(17)16(13)18/h4-8,10,15,19H,3,9H2,1-2H3. The van der Waals surface area contributed by atoms with Gasteiger partial charge in [-0.15, -0.1) is 0 Å². The summed E-state index contributed by atoms with van der Waals surface area (Å²) in [4.78, 5) is 4.36. The Balaban J connectivity index is 2.21. The zero-order chi connectivity index (χ0) is 14.5. The predicted molar refractivity (Wildman–Crippen MR) is 75.5 cm³/mol. The number of aromatic nitrogens is 1. The number of halogens is 2. The average molecular weight is 276 g/mol. The molecule has 0 amide bonds. The van der Waals surface area contributed by atoms with Gasteiger partial charge in [0.15, 0.2) is 11.6 Å². The molecule has 106 valence electrons. The summed E-state index contributed by atoms with van der Waals surface area (Å²) in [5.74, 6) is -1.62. The Morgan fingerprint density at radius 1 is 1.20 bits per heavy atom. The maximum Gasteiger partial charge on any atom is 0.163 e. The van der Waals surface area contributed by atoms with Crippen molar-refractivity contribution in [3.05, 3.63) is 65.0 Å². The summed E-state index contributed by atoms with van der Waals surface area (Å²) in [6, 6.07) is 7.88. The van der Waals surface area contributed by atoms with Crippen molar-refractivity contribution in [3.8, 4) is 0 Å². The van der Waals surface area contributed by atoms with Crippen LogP contribution in [0.4, 0.5) is 8.78 Å². The molecule has 2 aromatic rings. The first-order chi connectivity index (χ1) is 9.65. The molecule has 0 aliphatic carbocycles. The van der Waals surface area contributed by atoms with Crippen LogP contribution in [0.15, 0.2) is 36.5 Å². The van der Waals surface area contributed by atoms with E-state index in [1.54, 1.807) is 13.1 Å². The van der Waals surface area contributed by atoms with Crippen molar-refractivity contribution < 1.29 is 8.78 Å². The van der Waals surface area contributed by atoms with Gasteiger partial charge in [-0.2, -0.15) is 0 Å². The minimum Gasteiger partial charge on any atom is -0.313 e. The summed E-state index contributed by atoms with van der Waals surface area (Å²) in [6.07, 6.45) is 3.27. The Kier molecular flexibility index (Phi) is 4.79. The van der Waals surface area contributed by atoms with Crippen LogP contribution < -0.4 is 5.32 Å². The summed E-state index contributed by atoms with van der Waals surface area (Å²) in [7, 11) is 1.73. The molecule has 0 saturated heterocycles. The summed E-state index contributed by atoms with van der Waals surface area (Å²) < 4.78 is 27.1. The second-order valence-corrected chi connectivity index (χ2v) is 4.70. The van der Waals surface area contributed by atoms with Gasteiger partial charge in [0.1, 0.15) is 0 Å². The zero-order valence-corrected chi connectivity index (χ0v) is 11.7. The molecule has 20 heavy (non-hydrogen) atoms. The maximum atomic E-state index is 13.8. The Morgan fingerprint density at radius 3 is 2.60 bits per heavy atom. The minimum absolute atomic E-state index is 0.300. The summed E-state index contributed by atoms with van der Waals surface area (Å²) in [6.45, 7) is 2.06. The number of nitrogens with one attached hydrogen (secondary N) is 1. The number of pyridine rings is 1. The molecular weight excluding hydrogens is 258 g/mol. The van der Waals surface area contributed by atoms with Crippen LogP contribution in [-0.2, 0) is 12.8 Å². The number of aryl methyl sites for hydroxylation is 1. The van der Waals surface area contributed by atoms with Crippen LogP contribution >= 0.6 is 0 Å². The van der Waals surface area contributed by atoms with Crippen LogP contribution in [0.25, 0.3) is 0 Å². The van der Waals surface area contributed by atoms with Crippen molar-refractivity contribution in [2.45, 2.75) is 25.8 Å². The number of hydrogen-bond acceptors (Lipinski definition) is 2. The third-order valence-electron chi connectivity index (χ3n) is 3.41. The molecule has 0 saturated carbocycles. The lowest BCUT2D eigenvalue weighted by Crippen LogP contribution is -2.21. The van der Waals surface area contributed by atoms with Gasteiger partial charge in [0.05, 0.1) is 0 Å². The van der Waals surface area contributed by atoms with E-state index in [1.807, 2.05) is 18.3 Å². The van der Waals surface area contributed by atoms with Crippen LogP contribution in [0.5, 0.6) is 0 Å². The van der Waals surface area contributed by atoms with Crippen molar-refractivity contribution in [2.24, 2.45) is 0 Å². The molecule has 2 nitrogen and oxygen atoms in total. The second kappa shape index (κ2) is 6.57. The topological polar surface area (TPSA) is 24.9 Å². The fourth-order valence-electron chi connectivity index (χ4n) is 2.15. The van der Waals surface area contributed by atoms with Gasteiger partial charge in [0, 0.05) is 29.9 Å². The Labute approximate surface area is 117 Å². The number of nitrogens with zero attached hydrogens (tertiary/aromatic N) is 1. The van der Waals surface area contributed by atoms with Gasteiger partial charge in [-0.1, -0.05) is 25.1 Å². The molecular formula is C16H18F2N2. The summed E-state index contributed by atoms with van der Waals surface area (Å²) in [5.41, 5.74) is 2.34. The first-order valence-electron chi connectivity index (χ1n) is 6.70. The monoisotopic (exact) mass is 276 g/mol. The highest BCUT2D eigenvalue weighted by Gasteiger charge is 2.17. The molecule has 0 bridgehead atoms. The molecule has 1 N–H and O–H groups in total. The molecule has 1 aromatic carbocycles. The van der Waals surface area contributed by atoms with Gasteiger partial charge in [0.2, 0.25) is 0 Å². The van der Waals surface area contributed by atoms with Gasteiger partial charge in [-0.05, 0) is 31.2 Å². The van der Waals surface area contributed by atoms with Gasteiger partial charge in [-0.3, -0.25) is 4.98 Å². The molecule has 0 aliphatic rings. The minimum atomic E-state index is -0.822. The van der Waals surface area contributed by atoms with E-state index in [0.717, 1.165) is 23.7 Å². The van der Waals surface area contributed by atoms with Crippen molar-refractivity contribution in [1.82, 2.24) is 10.3 Å². The van der Waals surface area contributed by atoms with E-state index in [1.165, 1.54) is 6.07 Å². The molecule has 1 atom stereocenters. The Morgan fingerprint density at radius 2 is 2.00 bits per heavy atom. The highest BCUT2D eigenvalue weighted by Crippen LogP contribution is 2.22. The second-order valence-electron chi connectivity index (χ2n) is 4.70. The lowest BCUT2D eigenvalue weighted by Gasteiger charge is -2.17. The molecule has 4 heteroatoms. The van der Waals surface area contributed by atoms with E-state index in [9.17, 15) is 8.78 Å². The van der Waals surface area contributed by atoms with Crippen LogP contribution in [0.3, 0.4) is 0 Å². The Bertz CT molecular complexity index is 567. The molecule has 0 radical (unpaired) electrons. The largest absolute Gasteiger partial charge is 0.313 e. The van der Waals surface area contributed by atoms with Crippen molar-refractivity contribution in [2.75, 3.05) is 7.05 Å². The van der Waals surface area contributed by atoms with Crippen LogP contribution in [0, 0.1) is 11.6 Å². The van der Waals surface area contributed by atoms with Crippen molar-refractivity contribution in [1.29, 1.82) is 0 Å². The van der Waals surface area contributed by atoms with Gasteiger partial charge in [-0.25, -0.2) is 8.78 Å². The molecule has 1 heterocycles. The SMILES string of the molecule is CCc1ccc(CC(NC)c2cccc(F)c2F)nc1. The Hall–Kier alpha value is -1.81. The predicted octanol–water partition coefficient (Wildman–Crippen LogP) is 3.43. The van der Waals surface area contributed by atoms with Gasteiger partial charge in [0.25, 0.3) is 0 Å². The summed E-state index contributed by atoms with van der Waals surface area (Å²) in [5, 5.41) is 3.02. The van der Waals surface area contributed by atoms with Crippen LogP contribution in [0.2, 0.25) is 0 Å². The van der Waals surface area contributed by atoms with E-state index in [4.69, 9.17) is 0 Å². The van der Waals surface area contributed by atoms with Gasteiger partial charge >= 0.3 is 0 Å². The highest BCUT2D eigenvalue weighted by atomic mass is 19.2. The zero-order valence-electron chi connectivity index (χ0n) is 11.7. The molecule has 0 spiro atoms. The lowest BCUT2D eigenvalue weighted by atomic mass is 10.0. The van der Waals surface area contributed by atoms with E-state index < -0.39 is 11.6 Å². The fourth-order valence-corrected chi connectivity index (χ4v) is 2.15. The third kappa shape index (κ3) is 3.20. The normalized spacial score (nSPS) is 12.4. The number of benzene rings is 1. The summed E-state index contributed by atoms with van der Waals surface area (Å²) >= 11 is 0. The maximum absolute atomic E-state index is 13.8. The third-order valence-corrected chi connectivity index (χ3v) is 3.41. The van der Waals surface area contributed by atoms with Gasteiger partial charge < -0.3 is 5.32 Å². The number of likely N-dealkylation sites (N-methyl/N-ethyl adjacent to an activating group) is 1. The molecule has 2 rings (SSSR count). The lowest BCUT2D eigenvalue weighted by molar-refractivity contribution is 0.472. The quantitative estimate of drug-likeness (QED) is 0.905. The molecule has 0 aliphatic heterocycles. The highest BCUT2D eigenvalue weighted by molar-refractivity contribution is 5.24. The van der Waals surface area contributed by atoms with Crippen molar-refractivity contribution >= 4 is 0 Å². The molecule has 1 aromatic heterocycles. The van der Waals surface area contributed by atoms with Crippen molar-refractivity contribution in [3.63, 3.8) is 0 Å². The smallest absolute Gasteiger partial charge is 0.163 e. The van der Waals surface area contributed by atoms with E-state index >= 15 is 0 Å². The van der Waals surface area contributed by atoms with Crippen LogP contribution in [-0.4, -0.2) is 12.0 Å².